The summed E-state index contributed by atoms with van der Waals surface area (Å²) in [6.07, 6.45) is 0.233. The zero-order chi connectivity index (χ0) is 11.7. The minimum atomic E-state index is -0.167. The summed E-state index contributed by atoms with van der Waals surface area (Å²) in [6, 6.07) is 0. The molecule has 0 radical (unpaired) electrons. The Bertz CT molecular complexity index is 108. The normalized spacial score (nSPS) is 10.4. The SMILES string of the molecule is CC(C)O.CC(C)O[C-](I)OC(C)C.[Ti]. The van der Waals surface area contributed by atoms with E-state index in [-0.39, 0.29) is 40.0 Å². The molecule has 0 spiro atoms. The summed E-state index contributed by atoms with van der Waals surface area (Å²) in [4.78, 5) is 0. The average molecular weight is 365 g/mol. The monoisotopic (exact) mass is 365 g/mol. The summed E-state index contributed by atoms with van der Waals surface area (Å²) >= 11 is 2.04. The van der Waals surface area contributed by atoms with Crippen LogP contribution in [-0.2, 0) is 31.2 Å². The van der Waals surface area contributed by atoms with Crippen LogP contribution in [0.4, 0.5) is 0 Å². The van der Waals surface area contributed by atoms with Crippen molar-refractivity contribution in [1.29, 1.82) is 0 Å². The molecule has 0 bridgehead atoms. The summed E-state index contributed by atoms with van der Waals surface area (Å²) in [7, 11) is 0. The first-order valence-corrected chi connectivity index (χ1v) is 5.87. The van der Waals surface area contributed by atoms with Gasteiger partial charge in [-0.1, -0.05) is 0 Å². The van der Waals surface area contributed by atoms with Gasteiger partial charge in [-0.3, -0.25) is 22.6 Å². The molecule has 0 aliphatic heterocycles. The number of ether oxygens (including phenoxy) is 2. The van der Waals surface area contributed by atoms with Crippen LogP contribution in [0.25, 0.3) is 0 Å². The van der Waals surface area contributed by atoms with Crippen LogP contribution >= 0.6 is 22.6 Å². The van der Waals surface area contributed by atoms with E-state index in [0.29, 0.717) is 4.30 Å². The standard InChI is InChI=1S/C7H14IO2.C3H8O.Ti/c1-5(2)9-7(8)10-6(3)4;1-3(2)4;/h5-6H,1-4H3;3-4H,1-2H3;/q-1;;. The summed E-state index contributed by atoms with van der Waals surface area (Å²) in [5.74, 6) is 0. The molecule has 92 valence electrons. The smallest absolute Gasteiger partial charge is 0.0483 e. The molecule has 0 saturated heterocycles. The topological polar surface area (TPSA) is 38.7 Å². The van der Waals surface area contributed by atoms with E-state index in [2.05, 4.69) is 0 Å². The van der Waals surface area contributed by atoms with Crippen LogP contribution in [0.1, 0.15) is 41.5 Å². The first-order valence-electron chi connectivity index (χ1n) is 4.79. The van der Waals surface area contributed by atoms with Gasteiger partial charge in [0.15, 0.2) is 0 Å². The zero-order valence-electron chi connectivity index (χ0n) is 10.4. The van der Waals surface area contributed by atoms with Gasteiger partial charge in [0.05, 0.1) is 0 Å². The van der Waals surface area contributed by atoms with Crippen molar-refractivity contribution < 1.29 is 36.3 Å². The molecular weight excluding hydrogens is 343 g/mol. The molecule has 0 aliphatic rings. The maximum absolute atomic E-state index is 8.06. The number of aliphatic hydroxyl groups excluding tert-OH is 1. The Labute approximate surface area is 122 Å². The molecule has 15 heavy (non-hydrogen) atoms. The fourth-order valence-electron chi connectivity index (χ4n) is 0.398. The third-order valence-electron chi connectivity index (χ3n) is 0.657. The Hall–Kier alpha value is 1.32. The molecule has 0 atom stereocenters. The Balaban J connectivity index is -0.000000249. The van der Waals surface area contributed by atoms with Gasteiger partial charge in [0.25, 0.3) is 0 Å². The molecule has 0 amide bonds. The molecule has 0 saturated carbocycles. The van der Waals surface area contributed by atoms with Gasteiger partial charge in [-0.05, 0) is 45.8 Å². The maximum Gasteiger partial charge on any atom is 0.0483 e. The second-order valence-corrected chi connectivity index (χ2v) is 4.55. The molecule has 0 aliphatic carbocycles. The van der Waals surface area contributed by atoms with Crippen molar-refractivity contribution in [2.45, 2.75) is 59.9 Å². The van der Waals surface area contributed by atoms with E-state index in [9.17, 15) is 0 Å². The van der Waals surface area contributed by atoms with Crippen molar-refractivity contribution in [3.63, 3.8) is 0 Å². The van der Waals surface area contributed by atoms with Gasteiger partial charge in [0.1, 0.15) is 0 Å². The van der Waals surface area contributed by atoms with Crippen molar-refractivity contribution in [2.24, 2.45) is 0 Å². The van der Waals surface area contributed by atoms with Gasteiger partial charge in [0.2, 0.25) is 0 Å². The van der Waals surface area contributed by atoms with E-state index in [1.807, 2.05) is 50.3 Å². The van der Waals surface area contributed by atoms with E-state index in [0.717, 1.165) is 0 Å². The molecule has 5 heteroatoms. The van der Waals surface area contributed by atoms with Crippen molar-refractivity contribution >= 4 is 22.6 Å². The van der Waals surface area contributed by atoms with Crippen molar-refractivity contribution in [2.75, 3.05) is 0 Å². The van der Waals surface area contributed by atoms with Crippen LogP contribution in [0.3, 0.4) is 0 Å². The quantitative estimate of drug-likeness (QED) is 0.473. The van der Waals surface area contributed by atoms with Crippen LogP contribution in [0, 0.1) is 4.30 Å². The number of hydrogen-bond donors (Lipinski definition) is 1. The summed E-state index contributed by atoms with van der Waals surface area (Å²) in [5, 5.41) is 8.06. The zero-order valence-corrected chi connectivity index (χ0v) is 14.1. The predicted molar refractivity (Wildman–Crippen MR) is 67.1 cm³/mol. The largest absolute Gasteiger partial charge is 0.509 e. The third-order valence-corrected chi connectivity index (χ3v) is 1.17. The van der Waals surface area contributed by atoms with Crippen LogP contribution in [0.5, 0.6) is 0 Å². The van der Waals surface area contributed by atoms with Crippen molar-refractivity contribution in [3.8, 4) is 0 Å². The number of hydrogen-bond acceptors (Lipinski definition) is 3. The summed E-state index contributed by atoms with van der Waals surface area (Å²) in [6.45, 7) is 11.3. The minimum Gasteiger partial charge on any atom is -0.509 e. The molecule has 0 aromatic heterocycles. The molecule has 0 unspecified atom stereocenters. The van der Waals surface area contributed by atoms with Crippen LogP contribution in [0.2, 0.25) is 0 Å². The first-order chi connectivity index (χ1) is 6.25. The fraction of sp³-hybridized carbons (Fsp3) is 0.900. The molecule has 3 nitrogen and oxygen atoms in total. The predicted octanol–water partition coefficient (Wildman–Crippen LogP) is 3.10. The minimum absolute atomic E-state index is 0. The van der Waals surface area contributed by atoms with Crippen LogP contribution in [-0.4, -0.2) is 23.4 Å². The molecule has 1 N–H and O–H groups in total. The number of aliphatic hydroxyl groups is 1. The van der Waals surface area contributed by atoms with E-state index in [1.165, 1.54) is 0 Å². The molecule has 0 fully saturated rings. The Morgan fingerprint density at radius 3 is 1.27 bits per heavy atom. The summed E-state index contributed by atoms with van der Waals surface area (Å²) in [5.41, 5.74) is 0. The summed E-state index contributed by atoms with van der Waals surface area (Å²) < 4.78 is 11.1. The number of rotatable bonds is 4. The van der Waals surface area contributed by atoms with Gasteiger partial charge in [-0.25, -0.2) is 0 Å². The first kappa shape index (κ1) is 21.6. The Morgan fingerprint density at radius 1 is 0.933 bits per heavy atom. The third kappa shape index (κ3) is 31.3. The van der Waals surface area contributed by atoms with E-state index < -0.39 is 0 Å². The van der Waals surface area contributed by atoms with E-state index >= 15 is 0 Å². The van der Waals surface area contributed by atoms with Crippen LogP contribution < -0.4 is 0 Å². The molecule has 0 aromatic carbocycles. The fourth-order valence-corrected chi connectivity index (χ4v) is 1.42. The van der Waals surface area contributed by atoms with Gasteiger partial charge < -0.3 is 14.6 Å². The van der Waals surface area contributed by atoms with Gasteiger partial charge in [-0.15, -0.1) is 0 Å². The van der Waals surface area contributed by atoms with E-state index in [1.54, 1.807) is 13.8 Å². The second-order valence-electron chi connectivity index (χ2n) is 3.66. The number of halogens is 1. The van der Waals surface area contributed by atoms with Gasteiger partial charge in [-0.2, -0.15) is 0 Å². The van der Waals surface area contributed by atoms with Gasteiger partial charge >= 0.3 is 0 Å². The maximum atomic E-state index is 8.06. The van der Waals surface area contributed by atoms with Gasteiger partial charge in [0, 0.05) is 40.0 Å². The van der Waals surface area contributed by atoms with Crippen LogP contribution in [0.15, 0.2) is 0 Å². The molecule has 0 rings (SSSR count). The molecule has 0 aromatic rings. The molecular formula is C10H22IO3Ti-. The van der Waals surface area contributed by atoms with E-state index in [4.69, 9.17) is 14.6 Å². The van der Waals surface area contributed by atoms with Crippen molar-refractivity contribution in [1.82, 2.24) is 0 Å². The Kier molecular flexibility index (Phi) is 19.3. The second kappa shape index (κ2) is 13.4. The Morgan fingerprint density at radius 2 is 1.13 bits per heavy atom. The molecule has 0 heterocycles. The average Bonchev–Trinajstić information content (AvgIpc) is 1.79. The van der Waals surface area contributed by atoms with Crippen molar-refractivity contribution in [3.05, 3.63) is 4.30 Å².